The molecular formula is C14H23NO. The van der Waals surface area contributed by atoms with E-state index < -0.39 is 0 Å². The van der Waals surface area contributed by atoms with E-state index in [0.29, 0.717) is 12.0 Å². The van der Waals surface area contributed by atoms with Crippen molar-refractivity contribution in [1.29, 1.82) is 0 Å². The Balaban J connectivity index is 2.57. The summed E-state index contributed by atoms with van der Waals surface area (Å²) in [5.41, 5.74) is 1.34. The molecule has 0 saturated heterocycles. The van der Waals surface area contributed by atoms with Crippen molar-refractivity contribution in [3.63, 3.8) is 0 Å². The predicted molar refractivity (Wildman–Crippen MR) is 68.6 cm³/mol. The van der Waals surface area contributed by atoms with Crippen molar-refractivity contribution >= 4 is 0 Å². The van der Waals surface area contributed by atoms with E-state index in [-0.39, 0.29) is 12.6 Å². The first-order valence-electron chi connectivity index (χ1n) is 6.10. The molecule has 2 nitrogen and oxygen atoms in total. The second kappa shape index (κ2) is 6.66. The number of hydrogen-bond acceptors (Lipinski definition) is 2. The monoisotopic (exact) mass is 221 g/mol. The molecule has 0 aliphatic rings. The van der Waals surface area contributed by atoms with E-state index in [1.165, 1.54) is 5.56 Å². The van der Waals surface area contributed by atoms with Crippen LogP contribution in [0, 0.1) is 0 Å². The zero-order chi connectivity index (χ0) is 12.0. The van der Waals surface area contributed by atoms with Gasteiger partial charge in [0.05, 0.1) is 6.61 Å². The van der Waals surface area contributed by atoms with Gasteiger partial charge in [-0.05, 0) is 24.8 Å². The summed E-state index contributed by atoms with van der Waals surface area (Å²) in [5, 5.41) is 12.6. The van der Waals surface area contributed by atoms with Crippen LogP contribution in [0.15, 0.2) is 30.3 Å². The van der Waals surface area contributed by atoms with E-state index in [4.69, 9.17) is 5.11 Å². The van der Waals surface area contributed by atoms with Gasteiger partial charge in [-0.15, -0.1) is 0 Å². The molecule has 0 aromatic heterocycles. The standard InChI is InChI=1S/C14H23NO/c1-4-14(10-16)15-12(3)11(2)13-8-6-5-7-9-13/h5-9,11-12,14-16H,4,10H2,1-3H3. The Bertz CT molecular complexity index is 282. The molecule has 0 bridgehead atoms. The van der Waals surface area contributed by atoms with Gasteiger partial charge in [0.2, 0.25) is 0 Å². The highest BCUT2D eigenvalue weighted by atomic mass is 16.3. The van der Waals surface area contributed by atoms with E-state index in [2.05, 4.69) is 50.4 Å². The van der Waals surface area contributed by atoms with E-state index >= 15 is 0 Å². The summed E-state index contributed by atoms with van der Waals surface area (Å²) in [6.07, 6.45) is 0.961. The molecule has 1 rings (SSSR count). The molecule has 1 aromatic rings. The second-order valence-electron chi connectivity index (χ2n) is 4.44. The molecule has 0 fully saturated rings. The zero-order valence-corrected chi connectivity index (χ0v) is 10.5. The molecule has 16 heavy (non-hydrogen) atoms. The van der Waals surface area contributed by atoms with Gasteiger partial charge in [-0.3, -0.25) is 0 Å². The lowest BCUT2D eigenvalue weighted by Crippen LogP contribution is -2.41. The van der Waals surface area contributed by atoms with Crippen LogP contribution >= 0.6 is 0 Å². The lowest BCUT2D eigenvalue weighted by Gasteiger charge is -2.26. The van der Waals surface area contributed by atoms with Crippen LogP contribution in [-0.2, 0) is 0 Å². The minimum absolute atomic E-state index is 0.209. The normalized spacial score (nSPS) is 16.8. The number of rotatable bonds is 6. The smallest absolute Gasteiger partial charge is 0.0584 e. The van der Waals surface area contributed by atoms with Crippen LogP contribution < -0.4 is 5.32 Å². The maximum absolute atomic E-state index is 9.16. The van der Waals surface area contributed by atoms with Crippen molar-refractivity contribution in [1.82, 2.24) is 5.32 Å². The summed E-state index contributed by atoms with van der Waals surface area (Å²) >= 11 is 0. The second-order valence-corrected chi connectivity index (χ2v) is 4.44. The average molecular weight is 221 g/mol. The Labute approximate surface area is 98.7 Å². The van der Waals surface area contributed by atoms with Gasteiger partial charge in [-0.25, -0.2) is 0 Å². The van der Waals surface area contributed by atoms with Gasteiger partial charge in [0.25, 0.3) is 0 Å². The Morgan fingerprint density at radius 3 is 2.31 bits per heavy atom. The molecule has 90 valence electrons. The first kappa shape index (κ1) is 13.2. The van der Waals surface area contributed by atoms with Gasteiger partial charge in [0, 0.05) is 12.1 Å². The highest BCUT2D eigenvalue weighted by molar-refractivity contribution is 5.20. The van der Waals surface area contributed by atoms with Crippen molar-refractivity contribution in [2.45, 2.75) is 45.2 Å². The Morgan fingerprint density at radius 1 is 1.19 bits per heavy atom. The fraction of sp³-hybridized carbons (Fsp3) is 0.571. The number of hydrogen-bond donors (Lipinski definition) is 2. The van der Waals surface area contributed by atoms with Crippen LogP contribution in [0.2, 0.25) is 0 Å². The molecule has 0 spiro atoms. The third-order valence-electron chi connectivity index (χ3n) is 3.29. The van der Waals surface area contributed by atoms with E-state index in [1.807, 2.05) is 6.07 Å². The van der Waals surface area contributed by atoms with Gasteiger partial charge in [-0.2, -0.15) is 0 Å². The molecule has 0 radical (unpaired) electrons. The molecule has 0 amide bonds. The van der Waals surface area contributed by atoms with Crippen LogP contribution in [0.4, 0.5) is 0 Å². The van der Waals surface area contributed by atoms with E-state index in [0.717, 1.165) is 6.42 Å². The molecule has 3 unspecified atom stereocenters. The number of nitrogens with one attached hydrogen (secondary N) is 1. The minimum Gasteiger partial charge on any atom is -0.395 e. The first-order valence-corrected chi connectivity index (χ1v) is 6.10. The molecule has 2 heteroatoms. The fourth-order valence-electron chi connectivity index (χ4n) is 1.86. The Morgan fingerprint density at radius 2 is 1.81 bits per heavy atom. The highest BCUT2D eigenvalue weighted by Gasteiger charge is 2.16. The summed E-state index contributed by atoms with van der Waals surface area (Å²) in [7, 11) is 0. The van der Waals surface area contributed by atoms with Crippen molar-refractivity contribution in [3.05, 3.63) is 35.9 Å². The SMILES string of the molecule is CCC(CO)NC(C)C(C)c1ccccc1. The van der Waals surface area contributed by atoms with Gasteiger partial charge in [0.15, 0.2) is 0 Å². The number of aliphatic hydroxyl groups is 1. The third-order valence-corrected chi connectivity index (χ3v) is 3.29. The largest absolute Gasteiger partial charge is 0.395 e. The highest BCUT2D eigenvalue weighted by Crippen LogP contribution is 2.18. The molecule has 0 heterocycles. The van der Waals surface area contributed by atoms with Crippen LogP contribution in [0.25, 0.3) is 0 Å². The predicted octanol–water partition coefficient (Wildman–Crippen LogP) is 2.54. The van der Waals surface area contributed by atoms with Gasteiger partial charge >= 0.3 is 0 Å². The molecular weight excluding hydrogens is 198 g/mol. The summed E-state index contributed by atoms with van der Waals surface area (Å²) in [6.45, 7) is 6.70. The lowest BCUT2D eigenvalue weighted by molar-refractivity contribution is 0.225. The third kappa shape index (κ3) is 3.62. The topological polar surface area (TPSA) is 32.3 Å². The number of aliphatic hydroxyl groups excluding tert-OH is 1. The minimum atomic E-state index is 0.209. The quantitative estimate of drug-likeness (QED) is 0.773. The van der Waals surface area contributed by atoms with Gasteiger partial charge < -0.3 is 10.4 Å². The molecule has 1 aromatic carbocycles. The zero-order valence-electron chi connectivity index (χ0n) is 10.5. The van der Waals surface area contributed by atoms with Gasteiger partial charge in [0.1, 0.15) is 0 Å². The first-order chi connectivity index (χ1) is 7.69. The Hall–Kier alpha value is -0.860. The van der Waals surface area contributed by atoms with Crippen molar-refractivity contribution in [2.24, 2.45) is 0 Å². The van der Waals surface area contributed by atoms with Crippen LogP contribution in [0.1, 0.15) is 38.7 Å². The van der Waals surface area contributed by atoms with Gasteiger partial charge in [-0.1, -0.05) is 44.2 Å². The molecule has 2 N–H and O–H groups in total. The van der Waals surface area contributed by atoms with E-state index in [9.17, 15) is 0 Å². The lowest BCUT2D eigenvalue weighted by atomic mass is 9.94. The summed E-state index contributed by atoms with van der Waals surface area (Å²) in [6, 6.07) is 11.1. The summed E-state index contributed by atoms with van der Waals surface area (Å²) in [4.78, 5) is 0. The number of benzene rings is 1. The van der Waals surface area contributed by atoms with Crippen molar-refractivity contribution < 1.29 is 5.11 Å². The molecule has 0 aliphatic heterocycles. The fourth-order valence-corrected chi connectivity index (χ4v) is 1.86. The molecule has 0 saturated carbocycles. The Kier molecular flexibility index (Phi) is 5.50. The average Bonchev–Trinajstić information content (AvgIpc) is 2.35. The summed E-state index contributed by atoms with van der Waals surface area (Å²) in [5.74, 6) is 0.460. The van der Waals surface area contributed by atoms with Crippen LogP contribution in [0.5, 0.6) is 0 Å². The van der Waals surface area contributed by atoms with Crippen molar-refractivity contribution in [2.75, 3.05) is 6.61 Å². The maximum Gasteiger partial charge on any atom is 0.0584 e. The van der Waals surface area contributed by atoms with Crippen molar-refractivity contribution in [3.8, 4) is 0 Å². The summed E-state index contributed by atoms with van der Waals surface area (Å²) < 4.78 is 0. The molecule has 3 atom stereocenters. The molecule has 0 aliphatic carbocycles. The maximum atomic E-state index is 9.16. The van der Waals surface area contributed by atoms with Crippen LogP contribution in [-0.4, -0.2) is 23.8 Å². The van der Waals surface area contributed by atoms with E-state index in [1.54, 1.807) is 0 Å². The van der Waals surface area contributed by atoms with Crippen LogP contribution in [0.3, 0.4) is 0 Å².